The average molecular weight is 505 g/mol. The molecule has 2 atom stereocenters. The second-order valence-electron chi connectivity index (χ2n) is 10.2. The van der Waals surface area contributed by atoms with Crippen molar-refractivity contribution in [2.75, 3.05) is 13.1 Å². The monoisotopic (exact) mass is 504 g/mol. The van der Waals surface area contributed by atoms with Gasteiger partial charge in [0.25, 0.3) is 0 Å². The van der Waals surface area contributed by atoms with E-state index in [2.05, 4.69) is 10.6 Å². The molecular formula is C27H44N4O5. The highest BCUT2D eigenvalue weighted by Crippen LogP contribution is 2.27. The SMILES string of the molecule is CCCCNC(=O)C(c1ccc(C)cc1C)N(CCCC)C(=O)C(CC(N)=O)NC(=O)OC(C)(C)C. The number of hydrogen-bond acceptors (Lipinski definition) is 5. The molecule has 0 heterocycles. The quantitative estimate of drug-likeness (QED) is 0.353. The molecule has 1 aromatic carbocycles. The Balaban J connectivity index is 3.50. The third-order valence-electron chi connectivity index (χ3n) is 5.54. The van der Waals surface area contributed by atoms with Gasteiger partial charge in [0.05, 0.1) is 6.42 Å². The van der Waals surface area contributed by atoms with Gasteiger partial charge in [0.2, 0.25) is 17.7 Å². The largest absolute Gasteiger partial charge is 0.444 e. The maximum Gasteiger partial charge on any atom is 0.408 e. The van der Waals surface area contributed by atoms with Crippen LogP contribution in [0.25, 0.3) is 0 Å². The molecule has 2 unspecified atom stereocenters. The standard InChI is InChI=1S/C27H44N4O5/c1-8-10-14-29-24(33)23(20-13-12-18(3)16-19(20)4)31(15-11-9-2)25(34)21(17-22(28)32)30-26(35)36-27(5,6)7/h12-13,16,21,23H,8-11,14-15,17H2,1-7H3,(H2,28,32)(H,29,33)(H,30,35). The minimum absolute atomic E-state index is 0.264. The van der Waals surface area contributed by atoms with Crippen LogP contribution in [0.1, 0.15) is 89.5 Å². The summed E-state index contributed by atoms with van der Waals surface area (Å²) in [5.74, 6) is -1.63. The number of aryl methyl sites for hydroxylation is 2. The molecular weight excluding hydrogens is 460 g/mol. The van der Waals surface area contributed by atoms with Crippen LogP contribution in [0.4, 0.5) is 4.79 Å². The van der Waals surface area contributed by atoms with Crippen molar-refractivity contribution in [3.8, 4) is 0 Å². The van der Waals surface area contributed by atoms with Crippen LogP contribution < -0.4 is 16.4 Å². The molecule has 4 amide bonds. The summed E-state index contributed by atoms with van der Waals surface area (Å²) in [7, 11) is 0. The third kappa shape index (κ3) is 10.3. The van der Waals surface area contributed by atoms with E-state index in [1.807, 2.05) is 45.9 Å². The van der Waals surface area contributed by atoms with Gasteiger partial charge >= 0.3 is 6.09 Å². The lowest BCUT2D eigenvalue weighted by atomic mass is 9.96. The minimum atomic E-state index is -1.27. The van der Waals surface area contributed by atoms with E-state index >= 15 is 0 Å². The summed E-state index contributed by atoms with van der Waals surface area (Å²) in [5.41, 5.74) is 7.21. The molecule has 9 heteroatoms. The van der Waals surface area contributed by atoms with Crippen molar-refractivity contribution in [1.82, 2.24) is 15.5 Å². The Bertz CT molecular complexity index is 910. The number of rotatable bonds is 13. The van der Waals surface area contributed by atoms with Crippen LogP contribution in [0, 0.1) is 13.8 Å². The number of carbonyl (C=O) groups is 4. The fourth-order valence-corrected chi connectivity index (χ4v) is 3.81. The lowest BCUT2D eigenvalue weighted by Gasteiger charge is -2.35. The van der Waals surface area contributed by atoms with Crippen molar-refractivity contribution in [3.63, 3.8) is 0 Å². The van der Waals surface area contributed by atoms with E-state index < -0.39 is 42.0 Å². The van der Waals surface area contributed by atoms with Crippen molar-refractivity contribution in [2.45, 2.75) is 98.3 Å². The predicted octanol–water partition coefficient (Wildman–Crippen LogP) is 3.66. The summed E-state index contributed by atoms with van der Waals surface area (Å²) < 4.78 is 5.30. The Morgan fingerprint density at radius 3 is 2.22 bits per heavy atom. The van der Waals surface area contributed by atoms with Crippen LogP contribution in [0.3, 0.4) is 0 Å². The summed E-state index contributed by atoms with van der Waals surface area (Å²) in [4.78, 5) is 53.2. The van der Waals surface area contributed by atoms with Crippen LogP contribution in [0.2, 0.25) is 0 Å². The smallest absolute Gasteiger partial charge is 0.408 e. The number of nitrogens with one attached hydrogen (secondary N) is 2. The van der Waals surface area contributed by atoms with Crippen LogP contribution in [0.5, 0.6) is 0 Å². The molecule has 0 aliphatic heterocycles. The van der Waals surface area contributed by atoms with E-state index in [1.54, 1.807) is 20.8 Å². The summed E-state index contributed by atoms with van der Waals surface area (Å²) in [6.07, 6.45) is 1.86. The van der Waals surface area contributed by atoms with E-state index in [-0.39, 0.29) is 12.5 Å². The topological polar surface area (TPSA) is 131 Å². The Morgan fingerprint density at radius 2 is 1.69 bits per heavy atom. The van der Waals surface area contributed by atoms with Crippen LogP contribution in [-0.2, 0) is 19.1 Å². The van der Waals surface area contributed by atoms with Crippen molar-refractivity contribution in [1.29, 1.82) is 0 Å². The molecule has 0 aliphatic carbocycles. The zero-order valence-electron chi connectivity index (χ0n) is 22.9. The summed E-state index contributed by atoms with van der Waals surface area (Å²) in [6.45, 7) is 13.7. The lowest BCUT2D eigenvalue weighted by Crippen LogP contribution is -2.54. The van der Waals surface area contributed by atoms with Gasteiger partial charge in [0, 0.05) is 13.1 Å². The number of ether oxygens (including phenoxy) is 1. The van der Waals surface area contributed by atoms with Gasteiger partial charge in [0.15, 0.2) is 0 Å². The van der Waals surface area contributed by atoms with Crippen LogP contribution in [0.15, 0.2) is 18.2 Å². The molecule has 0 aromatic heterocycles. The number of nitrogens with two attached hydrogens (primary N) is 1. The Kier molecular flexibility index (Phi) is 12.4. The molecule has 0 radical (unpaired) electrons. The van der Waals surface area contributed by atoms with E-state index in [9.17, 15) is 19.2 Å². The van der Waals surface area contributed by atoms with Gasteiger partial charge in [-0.2, -0.15) is 0 Å². The molecule has 0 saturated carbocycles. The van der Waals surface area contributed by atoms with Crippen molar-refractivity contribution in [3.05, 3.63) is 34.9 Å². The highest BCUT2D eigenvalue weighted by Gasteiger charge is 2.37. The normalized spacial score (nSPS) is 12.9. The van der Waals surface area contributed by atoms with Gasteiger partial charge in [-0.05, 0) is 58.6 Å². The minimum Gasteiger partial charge on any atom is -0.444 e. The van der Waals surface area contributed by atoms with Gasteiger partial charge < -0.3 is 26.0 Å². The number of amides is 4. The number of unbranched alkanes of at least 4 members (excludes halogenated alkanes) is 2. The van der Waals surface area contributed by atoms with E-state index in [0.29, 0.717) is 18.5 Å². The zero-order valence-corrected chi connectivity index (χ0v) is 22.9. The molecule has 0 bridgehead atoms. The molecule has 36 heavy (non-hydrogen) atoms. The van der Waals surface area contributed by atoms with E-state index in [1.165, 1.54) is 4.90 Å². The number of nitrogens with zero attached hydrogens (tertiary/aromatic N) is 1. The highest BCUT2D eigenvalue weighted by molar-refractivity contribution is 5.94. The van der Waals surface area contributed by atoms with Gasteiger partial charge in [-0.1, -0.05) is 50.5 Å². The number of hydrogen-bond donors (Lipinski definition) is 3. The van der Waals surface area contributed by atoms with Gasteiger partial charge in [0.1, 0.15) is 17.7 Å². The van der Waals surface area contributed by atoms with Gasteiger partial charge in [-0.15, -0.1) is 0 Å². The fourth-order valence-electron chi connectivity index (χ4n) is 3.81. The summed E-state index contributed by atoms with van der Waals surface area (Å²) >= 11 is 0. The number of benzene rings is 1. The summed E-state index contributed by atoms with van der Waals surface area (Å²) in [5, 5.41) is 5.45. The zero-order chi connectivity index (χ0) is 27.5. The molecule has 1 rings (SSSR count). The van der Waals surface area contributed by atoms with Crippen molar-refractivity contribution in [2.24, 2.45) is 5.73 Å². The molecule has 4 N–H and O–H groups in total. The molecule has 0 spiro atoms. The van der Waals surface area contributed by atoms with E-state index in [0.717, 1.165) is 30.4 Å². The first-order valence-corrected chi connectivity index (χ1v) is 12.7. The second-order valence-corrected chi connectivity index (χ2v) is 10.2. The molecule has 0 fully saturated rings. The first-order valence-electron chi connectivity index (χ1n) is 12.7. The average Bonchev–Trinajstić information content (AvgIpc) is 2.75. The maximum atomic E-state index is 13.9. The summed E-state index contributed by atoms with van der Waals surface area (Å²) in [6, 6.07) is 3.51. The maximum absolute atomic E-state index is 13.9. The molecule has 9 nitrogen and oxygen atoms in total. The third-order valence-corrected chi connectivity index (χ3v) is 5.54. The molecule has 0 aliphatic rings. The second kappa shape index (κ2) is 14.5. The Labute approximate surface area is 215 Å². The van der Waals surface area contributed by atoms with Crippen LogP contribution >= 0.6 is 0 Å². The first kappa shape index (κ1) is 30.9. The van der Waals surface area contributed by atoms with Crippen LogP contribution in [-0.4, -0.2) is 53.4 Å². The van der Waals surface area contributed by atoms with Gasteiger partial charge in [-0.25, -0.2) is 4.79 Å². The van der Waals surface area contributed by atoms with Gasteiger partial charge in [-0.3, -0.25) is 14.4 Å². The fraction of sp³-hybridized carbons (Fsp3) is 0.630. The first-order chi connectivity index (χ1) is 16.8. The Morgan fingerprint density at radius 1 is 1.06 bits per heavy atom. The Hall–Kier alpha value is -3.10. The highest BCUT2D eigenvalue weighted by atomic mass is 16.6. The number of primary amides is 1. The van der Waals surface area contributed by atoms with Crippen molar-refractivity contribution < 1.29 is 23.9 Å². The van der Waals surface area contributed by atoms with Crippen molar-refractivity contribution >= 4 is 23.8 Å². The molecule has 1 aromatic rings. The lowest BCUT2D eigenvalue weighted by molar-refractivity contribution is -0.143. The van der Waals surface area contributed by atoms with E-state index in [4.69, 9.17) is 10.5 Å². The molecule has 0 saturated heterocycles. The number of alkyl carbamates (subject to hydrolysis) is 1. The number of carbonyl (C=O) groups excluding carboxylic acids is 4. The predicted molar refractivity (Wildman–Crippen MR) is 140 cm³/mol. The molecule has 202 valence electrons.